The smallest absolute Gasteiger partial charge is 0.161 e. The Kier molecular flexibility index (Phi) is 5.04. The quantitative estimate of drug-likeness (QED) is 0.631. The van der Waals surface area contributed by atoms with E-state index in [1.807, 2.05) is 0 Å². The molecule has 0 amide bonds. The van der Waals surface area contributed by atoms with E-state index in [-0.39, 0.29) is 19.8 Å². The molecule has 5 nitrogen and oxygen atoms in total. The third-order valence-corrected chi connectivity index (χ3v) is 2.11. The first-order valence-electron chi connectivity index (χ1n) is 5.00. The van der Waals surface area contributed by atoms with Gasteiger partial charge in [-0.3, -0.25) is 0 Å². The third-order valence-electron chi connectivity index (χ3n) is 2.11. The van der Waals surface area contributed by atoms with Crippen LogP contribution in [-0.4, -0.2) is 36.6 Å². The van der Waals surface area contributed by atoms with Crippen molar-refractivity contribution in [1.82, 2.24) is 0 Å². The normalized spacial score (nSPS) is 12.2. The second kappa shape index (κ2) is 6.32. The largest absolute Gasteiger partial charge is 0.493 e. The Bertz CT molecular complexity index is 330. The highest BCUT2D eigenvalue weighted by atomic mass is 16.5. The van der Waals surface area contributed by atoms with Gasteiger partial charge in [-0.2, -0.15) is 0 Å². The third kappa shape index (κ3) is 3.37. The average Bonchev–Trinajstić information content (AvgIpc) is 2.35. The molecule has 0 fully saturated rings. The fourth-order valence-corrected chi connectivity index (χ4v) is 1.18. The van der Waals surface area contributed by atoms with Crippen LogP contribution >= 0.6 is 0 Å². The molecule has 0 heterocycles. The Morgan fingerprint density at radius 2 is 2.12 bits per heavy atom. The molecule has 0 radical (unpaired) electrons. The van der Waals surface area contributed by atoms with Crippen LogP contribution < -0.4 is 15.2 Å². The molecule has 1 aromatic rings. The molecule has 0 aromatic heterocycles. The highest BCUT2D eigenvalue weighted by Gasteiger charge is 2.08. The van der Waals surface area contributed by atoms with Crippen molar-refractivity contribution >= 4 is 0 Å². The molecule has 4 N–H and O–H groups in total. The lowest BCUT2D eigenvalue weighted by Gasteiger charge is -2.13. The number of aliphatic hydroxyl groups excluding tert-OH is 2. The van der Waals surface area contributed by atoms with Gasteiger partial charge in [0.25, 0.3) is 0 Å². The monoisotopic (exact) mass is 227 g/mol. The fourth-order valence-electron chi connectivity index (χ4n) is 1.18. The van der Waals surface area contributed by atoms with E-state index in [2.05, 4.69) is 0 Å². The molecule has 16 heavy (non-hydrogen) atoms. The van der Waals surface area contributed by atoms with E-state index in [0.29, 0.717) is 11.5 Å². The van der Waals surface area contributed by atoms with Gasteiger partial charge in [-0.25, -0.2) is 0 Å². The SMILES string of the molecule is COc1cc(CO)ccc1OCC(O)CN. The number of hydrogen-bond donors (Lipinski definition) is 3. The molecule has 0 aliphatic carbocycles. The van der Waals surface area contributed by atoms with Gasteiger partial charge in [-0.15, -0.1) is 0 Å². The number of aliphatic hydroxyl groups is 2. The van der Waals surface area contributed by atoms with Crippen LogP contribution in [-0.2, 0) is 6.61 Å². The first-order chi connectivity index (χ1) is 7.71. The molecule has 0 bridgehead atoms. The molecule has 0 aliphatic rings. The summed E-state index contributed by atoms with van der Waals surface area (Å²) in [6, 6.07) is 5.10. The van der Waals surface area contributed by atoms with Crippen LogP contribution in [0.4, 0.5) is 0 Å². The van der Waals surface area contributed by atoms with E-state index >= 15 is 0 Å². The predicted molar refractivity (Wildman–Crippen MR) is 59.5 cm³/mol. The lowest BCUT2D eigenvalue weighted by atomic mass is 10.2. The first-order valence-corrected chi connectivity index (χ1v) is 5.00. The van der Waals surface area contributed by atoms with E-state index < -0.39 is 6.10 Å². The first kappa shape index (κ1) is 12.8. The van der Waals surface area contributed by atoms with Crippen molar-refractivity contribution in [3.63, 3.8) is 0 Å². The number of rotatable bonds is 6. The summed E-state index contributed by atoms with van der Waals surface area (Å²) in [7, 11) is 1.52. The van der Waals surface area contributed by atoms with E-state index in [0.717, 1.165) is 5.56 Å². The van der Waals surface area contributed by atoms with Crippen LogP contribution in [0, 0.1) is 0 Å². The minimum absolute atomic E-state index is 0.0535. The Labute approximate surface area is 94.4 Å². The van der Waals surface area contributed by atoms with Gasteiger partial charge in [0.05, 0.1) is 13.7 Å². The summed E-state index contributed by atoms with van der Waals surface area (Å²) < 4.78 is 10.4. The van der Waals surface area contributed by atoms with Crippen molar-refractivity contribution < 1.29 is 19.7 Å². The summed E-state index contributed by atoms with van der Waals surface area (Å²) in [5, 5.41) is 18.2. The Balaban J connectivity index is 2.71. The molecule has 1 atom stereocenters. The van der Waals surface area contributed by atoms with Gasteiger partial charge in [0.15, 0.2) is 11.5 Å². The summed E-state index contributed by atoms with van der Waals surface area (Å²) in [4.78, 5) is 0. The second-order valence-corrected chi connectivity index (χ2v) is 3.34. The lowest BCUT2D eigenvalue weighted by Crippen LogP contribution is -2.26. The molecule has 0 saturated carbocycles. The molecule has 1 unspecified atom stereocenters. The van der Waals surface area contributed by atoms with Crippen molar-refractivity contribution in [2.24, 2.45) is 5.73 Å². The van der Waals surface area contributed by atoms with Crippen LogP contribution in [0.25, 0.3) is 0 Å². The van der Waals surface area contributed by atoms with Gasteiger partial charge >= 0.3 is 0 Å². The van der Waals surface area contributed by atoms with Crippen LogP contribution in [0.5, 0.6) is 11.5 Å². The maximum atomic E-state index is 9.25. The van der Waals surface area contributed by atoms with Crippen molar-refractivity contribution in [3.8, 4) is 11.5 Å². The summed E-state index contributed by atoms with van der Waals surface area (Å²) >= 11 is 0. The molecule has 1 rings (SSSR count). The minimum atomic E-state index is -0.692. The number of benzene rings is 1. The highest BCUT2D eigenvalue weighted by molar-refractivity contribution is 5.42. The molecule has 1 aromatic carbocycles. The van der Waals surface area contributed by atoms with Crippen molar-refractivity contribution in [2.75, 3.05) is 20.3 Å². The van der Waals surface area contributed by atoms with E-state index in [1.54, 1.807) is 18.2 Å². The standard InChI is InChI=1S/C11H17NO4/c1-15-11-4-8(6-13)2-3-10(11)16-7-9(14)5-12/h2-4,9,13-14H,5-7,12H2,1H3. The molecule has 0 spiro atoms. The van der Waals surface area contributed by atoms with Gasteiger partial charge in [0, 0.05) is 6.54 Å². The van der Waals surface area contributed by atoms with Crippen LogP contribution in [0.15, 0.2) is 18.2 Å². The molecule has 90 valence electrons. The maximum Gasteiger partial charge on any atom is 0.161 e. The zero-order valence-corrected chi connectivity index (χ0v) is 9.22. The Hall–Kier alpha value is -1.30. The molecular formula is C11H17NO4. The molecule has 5 heteroatoms. The van der Waals surface area contributed by atoms with Gasteiger partial charge in [0.1, 0.15) is 12.7 Å². The van der Waals surface area contributed by atoms with Crippen molar-refractivity contribution in [1.29, 1.82) is 0 Å². The zero-order chi connectivity index (χ0) is 12.0. The Morgan fingerprint density at radius 1 is 1.38 bits per heavy atom. The van der Waals surface area contributed by atoms with Gasteiger partial charge in [-0.05, 0) is 17.7 Å². The number of nitrogens with two attached hydrogens (primary N) is 1. The van der Waals surface area contributed by atoms with Crippen LogP contribution in [0.3, 0.4) is 0 Å². The summed E-state index contributed by atoms with van der Waals surface area (Å²) in [5.41, 5.74) is 6.00. The summed E-state index contributed by atoms with van der Waals surface area (Å²) in [6.07, 6.45) is -0.692. The number of methoxy groups -OCH3 is 1. The number of hydrogen-bond acceptors (Lipinski definition) is 5. The van der Waals surface area contributed by atoms with Gasteiger partial charge < -0.3 is 25.4 Å². The van der Waals surface area contributed by atoms with Crippen LogP contribution in [0.2, 0.25) is 0 Å². The van der Waals surface area contributed by atoms with Gasteiger partial charge in [-0.1, -0.05) is 6.07 Å². The topological polar surface area (TPSA) is 84.9 Å². The van der Waals surface area contributed by atoms with Crippen molar-refractivity contribution in [3.05, 3.63) is 23.8 Å². The van der Waals surface area contributed by atoms with Gasteiger partial charge in [0.2, 0.25) is 0 Å². The summed E-state index contributed by atoms with van der Waals surface area (Å²) in [5.74, 6) is 1.04. The maximum absolute atomic E-state index is 9.25. The lowest BCUT2D eigenvalue weighted by molar-refractivity contribution is 0.112. The van der Waals surface area contributed by atoms with E-state index in [9.17, 15) is 5.11 Å². The van der Waals surface area contributed by atoms with Crippen LogP contribution in [0.1, 0.15) is 5.56 Å². The molecule has 0 saturated heterocycles. The predicted octanol–water partition coefficient (Wildman–Crippen LogP) is -0.114. The highest BCUT2D eigenvalue weighted by Crippen LogP contribution is 2.28. The van der Waals surface area contributed by atoms with E-state index in [4.69, 9.17) is 20.3 Å². The summed E-state index contributed by atoms with van der Waals surface area (Å²) in [6.45, 7) is 0.213. The van der Waals surface area contributed by atoms with E-state index in [1.165, 1.54) is 7.11 Å². The second-order valence-electron chi connectivity index (χ2n) is 3.34. The average molecular weight is 227 g/mol. The fraction of sp³-hybridized carbons (Fsp3) is 0.455. The Morgan fingerprint density at radius 3 is 2.69 bits per heavy atom. The molecule has 0 aliphatic heterocycles. The van der Waals surface area contributed by atoms with Crippen molar-refractivity contribution in [2.45, 2.75) is 12.7 Å². The molecular weight excluding hydrogens is 210 g/mol. The number of ether oxygens (including phenoxy) is 2. The zero-order valence-electron chi connectivity index (χ0n) is 9.22. The minimum Gasteiger partial charge on any atom is -0.493 e.